The minimum Gasteiger partial charge on any atom is -0.507 e. The first kappa shape index (κ1) is 22.2. The number of halogens is 5. The molecule has 0 saturated carbocycles. The molecule has 4 nitrogen and oxygen atoms in total. The summed E-state index contributed by atoms with van der Waals surface area (Å²) < 4.78 is 67.9. The third-order valence-electron chi connectivity index (χ3n) is 5.21. The van der Waals surface area contributed by atoms with Gasteiger partial charge in [0, 0.05) is 16.8 Å². The maximum atomic E-state index is 14.8. The molecule has 1 aliphatic rings. The number of nitrogens with zero attached hydrogens (tertiary/aromatic N) is 1. The molecule has 4 rings (SSSR count). The van der Waals surface area contributed by atoms with E-state index >= 15 is 0 Å². The zero-order chi connectivity index (χ0) is 23.9. The fourth-order valence-corrected chi connectivity index (χ4v) is 3.69. The summed E-state index contributed by atoms with van der Waals surface area (Å²) >= 11 is 0. The van der Waals surface area contributed by atoms with Crippen LogP contribution in [-0.2, 0) is 15.8 Å². The Labute approximate surface area is 184 Å². The molecule has 1 amide bonds. The molecule has 0 bridgehead atoms. The van der Waals surface area contributed by atoms with Crippen molar-refractivity contribution in [2.75, 3.05) is 4.90 Å². The fraction of sp³-hybridized carbons (Fsp3) is 0.0833. The molecule has 0 spiro atoms. The molecule has 0 aromatic heterocycles. The molecule has 1 atom stereocenters. The minimum absolute atomic E-state index is 0.0280. The van der Waals surface area contributed by atoms with Crippen LogP contribution in [0, 0.1) is 11.6 Å². The lowest BCUT2D eigenvalue weighted by atomic mass is 9.94. The number of carbonyl (C=O) groups excluding carboxylic acids is 2. The second-order valence-corrected chi connectivity index (χ2v) is 7.25. The van der Waals surface area contributed by atoms with Crippen LogP contribution in [0.5, 0.6) is 0 Å². The van der Waals surface area contributed by atoms with Crippen LogP contribution in [0.25, 0.3) is 5.76 Å². The van der Waals surface area contributed by atoms with Gasteiger partial charge in [0.2, 0.25) is 0 Å². The van der Waals surface area contributed by atoms with Gasteiger partial charge in [-0.05, 0) is 48.5 Å². The molecule has 0 aliphatic carbocycles. The first-order chi connectivity index (χ1) is 15.6. The zero-order valence-corrected chi connectivity index (χ0v) is 16.6. The summed E-state index contributed by atoms with van der Waals surface area (Å²) in [5.41, 5.74) is -2.15. The molecule has 1 heterocycles. The maximum Gasteiger partial charge on any atom is 0.416 e. The third-order valence-corrected chi connectivity index (χ3v) is 5.21. The van der Waals surface area contributed by atoms with Crippen molar-refractivity contribution in [3.05, 3.63) is 107 Å². The molecule has 1 aliphatic heterocycles. The summed E-state index contributed by atoms with van der Waals surface area (Å²) in [4.78, 5) is 26.6. The highest BCUT2D eigenvalue weighted by Gasteiger charge is 2.48. The fourth-order valence-electron chi connectivity index (χ4n) is 3.69. The number of hydrogen-bond donors (Lipinski definition) is 1. The number of amides is 1. The van der Waals surface area contributed by atoms with Crippen molar-refractivity contribution in [3.63, 3.8) is 0 Å². The Morgan fingerprint density at radius 1 is 0.879 bits per heavy atom. The van der Waals surface area contributed by atoms with Crippen LogP contribution in [0.4, 0.5) is 27.6 Å². The van der Waals surface area contributed by atoms with E-state index in [4.69, 9.17) is 0 Å². The van der Waals surface area contributed by atoms with Crippen LogP contribution >= 0.6 is 0 Å². The van der Waals surface area contributed by atoms with E-state index in [9.17, 15) is 36.6 Å². The number of rotatable bonds is 3. The third kappa shape index (κ3) is 3.97. The molecule has 1 unspecified atom stereocenters. The Kier molecular flexibility index (Phi) is 5.49. The van der Waals surface area contributed by atoms with Crippen LogP contribution in [0.1, 0.15) is 22.7 Å². The first-order valence-electron chi connectivity index (χ1n) is 9.58. The predicted molar refractivity (Wildman–Crippen MR) is 109 cm³/mol. The maximum absolute atomic E-state index is 14.8. The van der Waals surface area contributed by atoms with Crippen molar-refractivity contribution in [1.29, 1.82) is 0 Å². The van der Waals surface area contributed by atoms with Gasteiger partial charge < -0.3 is 5.11 Å². The summed E-state index contributed by atoms with van der Waals surface area (Å²) in [5.74, 6) is -4.64. The lowest BCUT2D eigenvalue weighted by molar-refractivity contribution is -0.137. The molecule has 3 aromatic carbocycles. The van der Waals surface area contributed by atoms with Gasteiger partial charge in [0.15, 0.2) is 0 Å². The van der Waals surface area contributed by atoms with E-state index in [1.807, 2.05) is 0 Å². The quantitative estimate of drug-likeness (QED) is 0.240. The van der Waals surface area contributed by atoms with Gasteiger partial charge in [-0.2, -0.15) is 13.2 Å². The molecular formula is C24H14F5NO3. The number of ketones is 1. The molecule has 1 N–H and O–H groups in total. The molecule has 1 fully saturated rings. The topological polar surface area (TPSA) is 57.6 Å². The van der Waals surface area contributed by atoms with Gasteiger partial charge in [0.05, 0.1) is 17.2 Å². The lowest BCUT2D eigenvalue weighted by Crippen LogP contribution is -2.30. The van der Waals surface area contributed by atoms with Crippen molar-refractivity contribution in [1.82, 2.24) is 0 Å². The molecule has 3 aromatic rings. The van der Waals surface area contributed by atoms with Gasteiger partial charge in [0.25, 0.3) is 11.7 Å². The Balaban J connectivity index is 1.97. The number of aliphatic hydroxyl groups excluding tert-OH is 1. The summed E-state index contributed by atoms with van der Waals surface area (Å²) in [5, 5.41) is 10.8. The smallest absolute Gasteiger partial charge is 0.416 e. The van der Waals surface area contributed by atoms with E-state index in [-0.39, 0.29) is 16.8 Å². The van der Waals surface area contributed by atoms with Crippen molar-refractivity contribution in [2.45, 2.75) is 12.2 Å². The number of hydrogen-bond acceptors (Lipinski definition) is 3. The zero-order valence-electron chi connectivity index (χ0n) is 16.6. The monoisotopic (exact) mass is 459 g/mol. The van der Waals surface area contributed by atoms with Crippen molar-refractivity contribution >= 4 is 23.1 Å². The van der Waals surface area contributed by atoms with Crippen LogP contribution in [0.15, 0.2) is 78.4 Å². The minimum atomic E-state index is -4.73. The number of anilines is 1. The van der Waals surface area contributed by atoms with Crippen molar-refractivity contribution in [3.8, 4) is 0 Å². The Morgan fingerprint density at radius 3 is 2.18 bits per heavy atom. The van der Waals surface area contributed by atoms with Crippen LogP contribution < -0.4 is 4.90 Å². The molecule has 1 saturated heterocycles. The van der Waals surface area contributed by atoms with Crippen LogP contribution in [-0.4, -0.2) is 16.8 Å². The highest BCUT2D eigenvalue weighted by Crippen LogP contribution is 2.44. The summed E-state index contributed by atoms with van der Waals surface area (Å²) in [6, 6.07) is 11.5. The van der Waals surface area contributed by atoms with Gasteiger partial charge in [-0.25, -0.2) is 8.78 Å². The van der Waals surface area contributed by atoms with Gasteiger partial charge in [0.1, 0.15) is 17.4 Å². The van der Waals surface area contributed by atoms with E-state index in [1.165, 1.54) is 24.3 Å². The van der Waals surface area contributed by atoms with E-state index in [0.29, 0.717) is 11.0 Å². The number of Topliss-reactive ketones (excluding diaryl/α,β-unsaturated/α-hetero) is 1. The Bertz CT molecular complexity index is 1280. The summed E-state index contributed by atoms with van der Waals surface area (Å²) in [6.07, 6.45) is -4.73. The van der Waals surface area contributed by atoms with E-state index in [1.54, 1.807) is 0 Å². The molecule has 168 valence electrons. The highest BCUT2D eigenvalue weighted by atomic mass is 19.4. The second kappa shape index (κ2) is 8.16. The number of carbonyl (C=O) groups is 2. The van der Waals surface area contributed by atoms with E-state index in [0.717, 1.165) is 42.5 Å². The largest absolute Gasteiger partial charge is 0.507 e. The molecule has 0 radical (unpaired) electrons. The van der Waals surface area contributed by atoms with Crippen molar-refractivity contribution in [2.24, 2.45) is 0 Å². The normalized spacial score (nSPS) is 18.1. The predicted octanol–water partition coefficient (Wildman–Crippen LogP) is 5.61. The van der Waals surface area contributed by atoms with Gasteiger partial charge in [-0.1, -0.05) is 24.3 Å². The number of benzene rings is 3. The summed E-state index contributed by atoms with van der Waals surface area (Å²) in [6.45, 7) is 0. The average Bonchev–Trinajstić information content (AvgIpc) is 3.04. The number of alkyl halides is 3. The standard InChI is InChI=1S/C24H14F5NO3/c25-15-10-8-13(9-11-15)21(31)19-20(17-6-1-2-7-18(17)26)30(23(33)22(19)32)16-5-3-4-14(12-16)24(27,28)29/h1-12,20,31H. The van der Waals surface area contributed by atoms with Gasteiger partial charge in [-0.3, -0.25) is 14.5 Å². The van der Waals surface area contributed by atoms with Crippen LogP contribution in [0.3, 0.4) is 0 Å². The van der Waals surface area contributed by atoms with Gasteiger partial charge in [-0.15, -0.1) is 0 Å². The highest BCUT2D eigenvalue weighted by molar-refractivity contribution is 6.51. The van der Waals surface area contributed by atoms with E-state index < -0.39 is 52.4 Å². The molecular weight excluding hydrogens is 445 g/mol. The average molecular weight is 459 g/mol. The van der Waals surface area contributed by atoms with Crippen molar-refractivity contribution < 1.29 is 36.6 Å². The van der Waals surface area contributed by atoms with Gasteiger partial charge >= 0.3 is 6.18 Å². The first-order valence-corrected chi connectivity index (χ1v) is 9.58. The SMILES string of the molecule is O=C1C(=O)N(c2cccc(C(F)(F)F)c2)C(c2ccccc2F)C1=C(O)c1ccc(F)cc1. The lowest BCUT2D eigenvalue weighted by Gasteiger charge is -2.26. The van der Waals surface area contributed by atoms with E-state index in [2.05, 4.69) is 0 Å². The van der Waals surface area contributed by atoms with Crippen LogP contribution in [0.2, 0.25) is 0 Å². The summed E-state index contributed by atoms with van der Waals surface area (Å²) in [7, 11) is 0. The Hall–Kier alpha value is -4.01. The Morgan fingerprint density at radius 2 is 1.55 bits per heavy atom. The molecule has 9 heteroatoms. The molecule has 33 heavy (non-hydrogen) atoms. The number of aliphatic hydroxyl groups is 1. The second-order valence-electron chi connectivity index (χ2n) is 7.25.